The standard InChI is InChI=1S/C22H31N5O3/c1-16-15-26(6-7-27(16)20(28)5-10-29-2)22-18(14-23)13-19(21(24-22)17-3-4-17)25-8-11-30-12-9-25/h13,16-17H,3-12,15H2,1-2H3/t16-/m1/s1. The number of rotatable bonds is 6. The molecule has 1 aromatic rings. The highest BCUT2D eigenvalue weighted by Gasteiger charge is 2.34. The molecule has 0 radical (unpaired) electrons. The lowest BCUT2D eigenvalue weighted by molar-refractivity contribution is -0.134. The van der Waals surface area contributed by atoms with Gasteiger partial charge < -0.3 is 24.2 Å². The van der Waals surface area contributed by atoms with Gasteiger partial charge in [-0.2, -0.15) is 5.26 Å². The van der Waals surface area contributed by atoms with E-state index >= 15 is 0 Å². The van der Waals surface area contributed by atoms with Crippen LogP contribution in [0.4, 0.5) is 11.5 Å². The number of pyridine rings is 1. The van der Waals surface area contributed by atoms with Crippen LogP contribution in [0.5, 0.6) is 0 Å². The summed E-state index contributed by atoms with van der Waals surface area (Å²) in [5.74, 6) is 1.38. The lowest BCUT2D eigenvalue weighted by Crippen LogP contribution is -2.54. The molecule has 162 valence electrons. The SMILES string of the molecule is COCCC(=O)N1CCN(c2nc(C3CC3)c(N3CCOCC3)cc2C#N)C[C@H]1C. The van der Waals surface area contributed by atoms with Gasteiger partial charge in [0, 0.05) is 51.8 Å². The van der Waals surface area contributed by atoms with E-state index in [9.17, 15) is 10.1 Å². The molecule has 30 heavy (non-hydrogen) atoms. The van der Waals surface area contributed by atoms with Gasteiger partial charge in [0.05, 0.1) is 43.2 Å². The van der Waals surface area contributed by atoms with Gasteiger partial charge in [-0.1, -0.05) is 0 Å². The van der Waals surface area contributed by atoms with Crippen molar-refractivity contribution in [3.8, 4) is 6.07 Å². The summed E-state index contributed by atoms with van der Waals surface area (Å²) in [6.45, 7) is 7.62. The van der Waals surface area contributed by atoms with Crippen molar-refractivity contribution >= 4 is 17.4 Å². The van der Waals surface area contributed by atoms with Crippen molar-refractivity contribution in [2.24, 2.45) is 0 Å². The van der Waals surface area contributed by atoms with E-state index < -0.39 is 0 Å². The zero-order chi connectivity index (χ0) is 21.1. The normalized spacial score (nSPS) is 22.2. The number of ether oxygens (including phenoxy) is 2. The van der Waals surface area contributed by atoms with Crippen molar-refractivity contribution in [2.75, 3.05) is 69.5 Å². The van der Waals surface area contributed by atoms with Crippen LogP contribution in [0.15, 0.2) is 6.07 Å². The Morgan fingerprint density at radius 2 is 2.03 bits per heavy atom. The summed E-state index contributed by atoms with van der Waals surface area (Å²) in [5, 5.41) is 9.88. The first-order valence-electron chi connectivity index (χ1n) is 10.9. The molecule has 2 saturated heterocycles. The molecule has 0 bridgehead atoms. The van der Waals surface area contributed by atoms with Crippen molar-refractivity contribution in [1.82, 2.24) is 9.88 Å². The number of piperazine rings is 1. The molecule has 2 aliphatic heterocycles. The van der Waals surface area contributed by atoms with Gasteiger partial charge in [-0.05, 0) is 25.8 Å². The summed E-state index contributed by atoms with van der Waals surface area (Å²) < 4.78 is 10.5. The quantitative estimate of drug-likeness (QED) is 0.703. The van der Waals surface area contributed by atoms with Crippen LogP contribution in [-0.4, -0.2) is 81.5 Å². The van der Waals surface area contributed by atoms with E-state index in [4.69, 9.17) is 14.5 Å². The number of hydrogen-bond acceptors (Lipinski definition) is 7. The van der Waals surface area contributed by atoms with Gasteiger partial charge in [0.25, 0.3) is 0 Å². The summed E-state index contributed by atoms with van der Waals surface area (Å²) in [6, 6.07) is 4.48. The third kappa shape index (κ3) is 4.37. The van der Waals surface area contributed by atoms with Gasteiger partial charge in [0.15, 0.2) is 0 Å². The first-order valence-corrected chi connectivity index (χ1v) is 10.9. The van der Waals surface area contributed by atoms with E-state index in [1.54, 1.807) is 7.11 Å². The van der Waals surface area contributed by atoms with Gasteiger partial charge in [-0.3, -0.25) is 4.79 Å². The van der Waals surface area contributed by atoms with E-state index in [-0.39, 0.29) is 11.9 Å². The number of amides is 1. The number of nitrogens with zero attached hydrogens (tertiary/aromatic N) is 5. The second kappa shape index (κ2) is 9.19. The van der Waals surface area contributed by atoms with E-state index in [1.165, 1.54) is 0 Å². The van der Waals surface area contributed by atoms with Gasteiger partial charge in [-0.15, -0.1) is 0 Å². The fraction of sp³-hybridized carbons (Fsp3) is 0.682. The summed E-state index contributed by atoms with van der Waals surface area (Å²) >= 11 is 0. The zero-order valence-electron chi connectivity index (χ0n) is 18.0. The molecule has 1 amide bonds. The van der Waals surface area contributed by atoms with Crippen LogP contribution in [0.1, 0.15) is 43.4 Å². The third-order valence-corrected chi connectivity index (χ3v) is 6.21. The van der Waals surface area contributed by atoms with Crippen molar-refractivity contribution in [2.45, 2.75) is 38.1 Å². The molecule has 8 nitrogen and oxygen atoms in total. The molecule has 0 N–H and O–H groups in total. The Bertz CT molecular complexity index is 814. The molecule has 1 saturated carbocycles. The molecular formula is C22H31N5O3. The average Bonchev–Trinajstić information content (AvgIpc) is 3.62. The first-order chi connectivity index (χ1) is 14.6. The van der Waals surface area contributed by atoms with Crippen LogP contribution in [0.25, 0.3) is 0 Å². The minimum absolute atomic E-state index is 0.0692. The molecular weight excluding hydrogens is 382 g/mol. The van der Waals surface area contributed by atoms with E-state index in [2.05, 4.69) is 22.8 Å². The molecule has 0 aromatic carbocycles. The average molecular weight is 414 g/mol. The zero-order valence-corrected chi connectivity index (χ0v) is 18.0. The minimum atomic E-state index is 0.0692. The maximum absolute atomic E-state index is 12.4. The maximum atomic E-state index is 12.4. The molecule has 1 atom stereocenters. The molecule has 3 heterocycles. The summed E-state index contributed by atoms with van der Waals surface area (Å²) in [6.07, 6.45) is 2.73. The number of nitriles is 1. The topological polar surface area (TPSA) is 81.9 Å². The minimum Gasteiger partial charge on any atom is -0.384 e. The molecule has 8 heteroatoms. The number of aromatic nitrogens is 1. The number of hydrogen-bond donors (Lipinski definition) is 0. The largest absolute Gasteiger partial charge is 0.384 e. The predicted molar refractivity (Wildman–Crippen MR) is 114 cm³/mol. The highest BCUT2D eigenvalue weighted by atomic mass is 16.5. The highest BCUT2D eigenvalue weighted by molar-refractivity contribution is 5.77. The van der Waals surface area contributed by atoms with Gasteiger partial charge in [0.1, 0.15) is 11.9 Å². The summed E-state index contributed by atoms with van der Waals surface area (Å²) in [4.78, 5) is 23.9. The van der Waals surface area contributed by atoms with Crippen LogP contribution in [-0.2, 0) is 14.3 Å². The Morgan fingerprint density at radius 1 is 1.27 bits per heavy atom. The molecule has 4 rings (SSSR count). The van der Waals surface area contributed by atoms with E-state index in [0.29, 0.717) is 57.4 Å². The van der Waals surface area contributed by atoms with Crippen LogP contribution >= 0.6 is 0 Å². The number of carbonyl (C=O) groups is 1. The van der Waals surface area contributed by atoms with Crippen molar-refractivity contribution in [3.05, 3.63) is 17.3 Å². The Kier molecular flexibility index (Phi) is 6.40. The third-order valence-electron chi connectivity index (χ3n) is 6.21. The van der Waals surface area contributed by atoms with E-state index in [0.717, 1.165) is 43.1 Å². The monoisotopic (exact) mass is 413 g/mol. The molecule has 3 fully saturated rings. The lowest BCUT2D eigenvalue weighted by atomic mass is 10.1. The molecule has 0 unspecified atom stereocenters. The van der Waals surface area contributed by atoms with Crippen molar-refractivity contribution in [1.29, 1.82) is 5.26 Å². The highest BCUT2D eigenvalue weighted by Crippen LogP contribution is 2.45. The fourth-order valence-electron chi connectivity index (χ4n) is 4.40. The lowest BCUT2D eigenvalue weighted by Gasteiger charge is -2.41. The van der Waals surface area contributed by atoms with Gasteiger partial charge >= 0.3 is 0 Å². The molecule has 1 aromatic heterocycles. The second-order valence-electron chi connectivity index (χ2n) is 8.37. The Hall–Kier alpha value is -2.37. The van der Waals surface area contributed by atoms with Crippen molar-refractivity contribution in [3.63, 3.8) is 0 Å². The number of morpholine rings is 1. The van der Waals surface area contributed by atoms with Crippen LogP contribution in [0.3, 0.4) is 0 Å². The Labute approximate surface area is 178 Å². The number of anilines is 2. The molecule has 0 spiro atoms. The maximum Gasteiger partial charge on any atom is 0.225 e. The Morgan fingerprint density at radius 3 is 2.67 bits per heavy atom. The van der Waals surface area contributed by atoms with Gasteiger partial charge in [-0.25, -0.2) is 4.98 Å². The second-order valence-corrected chi connectivity index (χ2v) is 8.37. The molecule has 1 aliphatic carbocycles. The van der Waals surface area contributed by atoms with Crippen LogP contribution < -0.4 is 9.80 Å². The first kappa shape index (κ1) is 20.9. The molecule has 3 aliphatic rings. The smallest absolute Gasteiger partial charge is 0.225 e. The Balaban J connectivity index is 1.56. The van der Waals surface area contributed by atoms with Crippen LogP contribution in [0, 0.1) is 11.3 Å². The van der Waals surface area contributed by atoms with Gasteiger partial charge in [0.2, 0.25) is 5.91 Å². The predicted octanol–water partition coefficient (Wildman–Crippen LogP) is 1.74. The van der Waals surface area contributed by atoms with Crippen LogP contribution in [0.2, 0.25) is 0 Å². The summed E-state index contributed by atoms with van der Waals surface area (Å²) in [5.41, 5.74) is 2.84. The number of carbonyl (C=O) groups excluding carboxylic acids is 1. The van der Waals surface area contributed by atoms with E-state index in [1.807, 2.05) is 11.0 Å². The van der Waals surface area contributed by atoms with Crippen molar-refractivity contribution < 1.29 is 14.3 Å². The summed E-state index contributed by atoms with van der Waals surface area (Å²) in [7, 11) is 1.61. The fourth-order valence-corrected chi connectivity index (χ4v) is 4.40. The number of methoxy groups -OCH3 is 1.